The van der Waals surface area contributed by atoms with Crippen LogP contribution in [-0.4, -0.2) is 19.8 Å². The van der Waals surface area contributed by atoms with E-state index in [0.29, 0.717) is 5.92 Å². The van der Waals surface area contributed by atoms with E-state index in [9.17, 15) is 0 Å². The molecule has 2 N–H and O–H groups in total. The van der Waals surface area contributed by atoms with Gasteiger partial charge in [0.25, 0.3) is 0 Å². The number of ether oxygens (including phenoxy) is 1. The Morgan fingerprint density at radius 3 is 2.83 bits per heavy atom. The predicted octanol–water partition coefficient (Wildman–Crippen LogP) is 1.79. The number of rotatable bonds is 3. The van der Waals surface area contributed by atoms with Gasteiger partial charge in [-0.25, -0.2) is 0 Å². The van der Waals surface area contributed by atoms with Crippen LogP contribution in [0.15, 0.2) is 0 Å². The van der Waals surface area contributed by atoms with Gasteiger partial charge in [0.05, 0.1) is 6.61 Å². The first-order chi connectivity index (χ1) is 5.74. The summed E-state index contributed by atoms with van der Waals surface area (Å²) in [6.07, 6.45) is 5.33. The Labute approximate surface area is 75.5 Å². The van der Waals surface area contributed by atoms with E-state index in [2.05, 4.69) is 6.92 Å². The van der Waals surface area contributed by atoms with Gasteiger partial charge in [-0.3, -0.25) is 0 Å². The Bertz CT molecular complexity index is 127. The van der Waals surface area contributed by atoms with Crippen molar-refractivity contribution in [2.75, 3.05) is 13.7 Å². The molecule has 0 bridgehead atoms. The maximum atomic E-state index is 6.00. The summed E-state index contributed by atoms with van der Waals surface area (Å²) in [5.74, 6) is 1.57. The first-order valence-electron chi connectivity index (χ1n) is 4.98. The summed E-state index contributed by atoms with van der Waals surface area (Å²) < 4.78 is 5.07. The van der Waals surface area contributed by atoms with E-state index in [0.717, 1.165) is 12.5 Å². The fourth-order valence-corrected chi connectivity index (χ4v) is 2.20. The van der Waals surface area contributed by atoms with Crippen molar-refractivity contribution in [1.82, 2.24) is 0 Å². The van der Waals surface area contributed by atoms with Crippen LogP contribution < -0.4 is 5.73 Å². The van der Waals surface area contributed by atoms with Crippen molar-refractivity contribution in [3.05, 3.63) is 0 Å². The number of methoxy groups -OCH3 is 1. The average molecular weight is 171 g/mol. The average Bonchev–Trinajstić information content (AvgIpc) is 2.05. The lowest BCUT2D eigenvalue weighted by atomic mass is 9.79. The summed E-state index contributed by atoms with van der Waals surface area (Å²) >= 11 is 0. The summed E-state index contributed by atoms with van der Waals surface area (Å²) in [7, 11) is 1.73. The largest absolute Gasteiger partial charge is 0.383 e. The molecule has 3 unspecified atom stereocenters. The Balaban J connectivity index is 2.29. The topological polar surface area (TPSA) is 35.2 Å². The number of hydrogen-bond donors (Lipinski definition) is 1. The molecule has 0 aromatic heterocycles. The van der Waals surface area contributed by atoms with Crippen molar-refractivity contribution in [2.45, 2.75) is 38.6 Å². The minimum absolute atomic E-state index is 0.262. The zero-order chi connectivity index (χ0) is 8.97. The highest BCUT2D eigenvalue weighted by Gasteiger charge is 2.23. The van der Waals surface area contributed by atoms with E-state index in [1.54, 1.807) is 7.11 Å². The standard InChI is InChI=1S/C10H21NO/c1-8-4-3-5-9(6-8)10(11)7-12-2/h8-10H,3-7,11H2,1-2H3. The van der Waals surface area contributed by atoms with Crippen molar-refractivity contribution in [3.63, 3.8) is 0 Å². The molecule has 1 aliphatic rings. The van der Waals surface area contributed by atoms with Crippen molar-refractivity contribution in [3.8, 4) is 0 Å². The van der Waals surface area contributed by atoms with Gasteiger partial charge in [-0.2, -0.15) is 0 Å². The van der Waals surface area contributed by atoms with Crippen LogP contribution in [0.3, 0.4) is 0 Å². The molecule has 1 rings (SSSR count). The monoisotopic (exact) mass is 171 g/mol. The van der Waals surface area contributed by atoms with Gasteiger partial charge in [0.2, 0.25) is 0 Å². The third-order valence-corrected chi connectivity index (χ3v) is 2.94. The van der Waals surface area contributed by atoms with Crippen molar-refractivity contribution in [1.29, 1.82) is 0 Å². The second-order valence-corrected chi connectivity index (χ2v) is 4.15. The Morgan fingerprint density at radius 1 is 1.50 bits per heavy atom. The molecule has 0 saturated heterocycles. The van der Waals surface area contributed by atoms with Crippen LogP contribution in [0, 0.1) is 11.8 Å². The zero-order valence-electron chi connectivity index (χ0n) is 8.25. The lowest BCUT2D eigenvalue weighted by molar-refractivity contribution is 0.134. The van der Waals surface area contributed by atoms with E-state index in [1.165, 1.54) is 25.7 Å². The minimum atomic E-state index is 0.262. The van der Waals surface area contributed by atoms with Gasteiger partial charge in [0.15, 0.2) is 0 Å². The SMILES string of the molecule is COCC(N)C1CCCC(C)C1. The van der Waals surface area contributed by atoms with Crippen LogP contribution in [0.1, 0.15) is 32.6 Å². The highest BCUT2D eigenvalue weighted by molar-refractivity contribution is 4.78. The Hall–Kier alpha value is -0.0800. The van der Waals surface area contributed by atoms with Crippen LogP contribution in [-0.2, 0) is 4.74 Å². The fourth-order valence-electron chi connectivity index (χ4n) is 2.20. The third kappa shape index (κ3) is 2.76. The molecule has 72 valence electrons. The summed E-state index contributed by atoms with van der Waals surface area (Å²) in [6, 6.07) is 0.262. The molecule has 0 amide bonds. The molecule has 0 aliphatic heterocycles. The van der Waals surface area contributed by atoms with Crippen molar-refractivity contribution < 1.29 is 4.74 Å². The molecule has 0 spiro atoms. The van der Waals surface area contributed by atoms with Gasteiger partial charge in [0, 0.05) is 13.2 Å². The highest BCUT2D eigenvalue weighted by atomic mass is 16.5. The third-order valence-electron chi connectivity index (χ3n) is 2.94. The van der Waals surface area contributed by atoms with Crippen LogP contribution in [0.4, 0.5) is 0 Å². The molecule has 1 aliphatic carbocycles. The molecule has 12 heavy (non-hydrogen) atoms. The zero-order valence-corrected chi connectivity index (χ0v) is 8.25. The summed E-state index contributed by atoms with van der Waals surface area (Å²) in [5, 5.41) is 0. The second-order valence-electron chi connectivity index (χ2n) is 4.15. The van der Waals surface area contributed by atoms with Crippen molar-refractivity contribution in [2.24, 2.45) is 17.6 Å². The fraction of sp³-hybridized carbons (Fsp3) is 1.00. The van der Waals surface area contributed by atoms with E-state index in [4.69, 9.17) is 10.5 Å². The van der Waals surface area contributed by atoms with E-state index >= 15 is 0 Å². The lowest BCUT2D eigenvalue weighted by Gasteiger charge is -2.30. The number of hydrogen-bond acceptors (Lipinski definition) is 2. The molecule has 0 radical (unpaired) electrons. The van der Waals surface area contributed by atoms with Gasteiger partial charge in [-0.05, 0) is 24.7 Å². The molecule has 2 nitrogen and oxygen atoms in total. The molecule has 3 atom stereocenters. The van der Waals surface area contributed by atoms with Gasteiger partial charge in [0.1, 0.15) is 0 Å². The van der Waals surface area contributed by atoms with Gasteiger partial charge < -0.3 is 10.5 Å². The summed E-state index contributed by atoms with van der Waals surface area (Å²) in [6.45, 7) is 3.04. The quantitative estimate of drug-likeness (QED) is 0.702. The van der Waals surface area contributed by atoms with Crippen molar-refractivity contribution >= 4 is 0 Å². The molecule has 2 heteroatoms. The Kier molecular flexibility index (Phi) is 4.02. The number of nitrogens with two attached hydrogens (primary N) is 1. The van der Waals surface area contributed by atoms with Gasteiger partial charge >= 0.3 is 0 Å². The molecule has 1 saturated carbocycles. The minimum Gasteiger partial charge on any atom is -0.383 e. The maximum absolute atomic E-state index is 6.00. The molecule has 0 heterocycles. The van der Waals surface area contributed by atoms with E-state index in [1.807, 2.05) is 0 Å². The van der Waals surface area contributed by atoms with Crippen LogP contribution in [0.25, 0.3) is 0 Å². The molecular weight excluding hydrogens is 150 g/mol. The van der Waals surface area contributed by atoms with Crippen LogP contribution >= 0.6 is 0 Å². The normalized spacial score (nSPS) is 33.2. The maximum Gasteiger partial charge on any atom is 0.0616 e. The molecule has 1 fully saturated rings. The molecular formula is C10H21NO. The predicted molar refractivity (Wildman–Crippen MR) is 51.0 cm³/mol. The second kappa shape index (κ2) is 4.83. The van der Waals surface area contributed by atoms with Gasteiger partial charge in [-0.1, -0.05) is 19.8 Å². The van der Waals surface area contributed by atoms with Gasteiger partial charge in [-0.15, -0.1) is 0 Å². The summed E-state index contributed by atoms with van der Waals surface area (Å²) in [4.78, 5) is 0. The summed E-state index contributed by atoms with van der Waals surface area (Å²) in [5.41, 5.74) is 6.00. The highest BCUT2D eigenvalue weighted by Crippen LogP contribution is 2.30. The van der Waals surface area contributed by atoms with Crippen LogP contribution in [0.5, 0.6) is 0 Å². The Morgan fingerprint density at radius 2 is 2.25 bits per heavy atom. The smallest absolute Gasteiger partial charge is 0.0616 e. The van der Waals surface area contributed by atoms with E-state index in [-0.39, 0.29) is 6.04 Å². The first kappa shape index (κ1) is 10.0. The molecule has 0 aromatic rings. The van der Waals surface area contributed by atoms with E-state index < -0.39 is 0 Å². The molecule has 0 aromatic carbocycles. The first-order valence-corrected chi connectivity index (χ1v) is 4.98. The lowest BCUT2D eigenvalue weighted by Crippen LogP contribution is -2.36. The van der Waals surface area contributed by atoms with Crippen LogP contribution in [0.2, 0.25) is 0 Å².